The Hall–Kier alpha value is -2.82. The zero-order valence-corrected chi connectivity index (χ0v) is 13.2. The Labute approximate surface area is 136 Å². The highest BCUT2D eigenvalue weighted by atomic mass is 16.5. The predicted molar refractivity (Wildman–Crippen MR) is 92.9 cm³/mol. The van der Waals surface area contributed by atoms with E-state index >= 15 is 0 Å². The van der Waals surface area contributed by atoms with E-state index < -0.39 is 0 Å². The van der Waals surface area contributed by atoms with Crippen LogP contribution in [0.4, 0.5) is 5.69 Å². The van der Waals surface area contributed by atoms with Crippen LogP contribution >= 0.6 is 0 Å². The molecule has 0 heterocycles. The van der Waals surface area contributed by atoms with Gasteiger partial charge in [-0.3, -0.25) is 4.79 Å². The van der Waals surface area contributed by atoms with Gasteiger partial charge in [0, 0.05) is 18.3 Å². The van der Waals surface area contributed by atoms with Gasteiger partial charge in [0.15, 0.2) is 0 Å². The fourth-order valence-electron chi connectivity index (χ4n) is 1.94. The van der Waals surface area contributed by atoms with Crippen molar-refractivity contribution in [2.75, 3.05) is 18.5 Å². The molecule has 2 rings (SSSR count). The highest BCUT2D eigenvalue weighted by molar-refractivity contribution is 5.81. The number of rotatable bonds is 8. The third-order valence-corrected chi connectivity index (χ3v) is 3.07. The minimum Gasteiger partial charge on any atom is -0.494 e. The van der Waals surface area contributed by atoms with Gasteiger partial charge in [-0.1, -0.05) is 30.3 Å². The molecule has 2 aromatic carbocycles. The molecular weight excluding hydrogens is 290 g/mol. The Balaban J connectivity index is 1.68. The van der Waals surface area contributed by atoms with Crippen molar-refractivity contribution in [1.82, 2.24) is 5.43 Å². The number of amides is 1. The summed E-state index contributed by atoms with van der Waals surface area (Å²) < 4.78 is 5.36. The highest BCUT2D eigenvalue weighted by Gasteiger charge is 2.00. The normalized spacial score (nSPS) is 10.5. The van der Waals surface area contributed by atoms with Crippen LogP contribution in [-0.2, 0) is 11.2 Å². The predicted octanol–water partition coefficient (Wildman–Crippen LogP) is 2.84. The van der Waals surface area contributed by atoms with Crippen molar-refractivity contribution in [3.63, 3.8) is 0 Å². The molecule has 0 saturated carbocycles. The smallest absolute Gasteiger partial charge is 0.259 e. The van der Waals surface area contributed by atoms with E-state index in [4.69, 9.17) is 4.74 Å². The Morgan fingerprint density at radius 1 is 1.13 bits per heavy atom. The molecule has 1 amide bonds. The summed E-state index contributed by atoms with van der Waals surface area (Å²) in [5.74, 6) is 0.621. The maximum absolute atomic E-state index is 11.7. The third-order valence-electron chi connectivity index (χ3n) is 3.07. The summed E-state index contributed by atoms with van der Waals surface area (Å²) in [6.45, 7) is 2.74. The largest absolute Gasteiger partial charge is 0.494 e. The zero-order chi connectivity index (χ0) is 16.3. The number of carbonyl (C=O) groups excluding carboxylic acids is 1. The minimum atomic E-state index is -0.191. The molecule has 0 fully saturated rings. The van der Waals surface area contributed by atoms with E-state index in [-0.39, 0.29) is 12.5 Å². The number of nitrogens with one attached hydrogen (secondary N) is 2. The fraction of sp³-hybridized carbons (Fsp3) is 0.222. The number of hydrogen-bond donors (Lipinski definition) is 2. The Kier molecular flexibility index (Phi) is 6.65. The van der Waals surface area contributed by atoms with Gasteiger partial charge in [-0.2, -0.15) is 5.10 Å². The van der Waals surface area contributed by atoms with Crippen LogP contribution in [0.2, 0.25) is 0 Å². The molecule has 0 aromatic heterocycles. The van der Waals surface area contributed by atoms with Crippen LogP contribution in [0.25, 0.3) is 0 Å². The average molecular weight is 311 g/mol. The van der Waals surface area contributed by atoms with Crippen molar-refractivity contribution < 1.29 is 9.53 Å². The van der Waals surface area contributed by atoms with Crippen molar-refractivity contribution in [2.45, 2.75) is 13.3 Å². The molecular formula is C18H21N3O2. The minimum absolute atomic E-state index is 0.163. The molecule has 0 aliphatic heterocycles. The van der Waals surface area contributed by atoms with Crippen molar-refractivity contribution in [2.24, 2.45) is 5.10 Å². The number of anilines is 1. The van der Waals surface area contributed by atoms with Crippen LogP contribution in [0.15, 0.2) is 59.7 Å². The number of ether oxygens (including phenoxy) is 1. The van der Waals surface area contributed by atoms with Gasteiger partial charge in [0.25, 0.3) is 5.91 Å². The van der Waals surface area contributed by atoms with Crippen LogP contribution in [0.5, 0.6) is 5.75 Å². The summed E-state index contributed by atoms with van der Waals surface area (Å²) in [4.78, 5) is 11.7. The number of carbonyl (C=O) groups is 1. The molecule has 5 heteroatoms. The van der Waals surface area contributed by atoms with Gasteiger partial charge in [-0.15, -0.1) is 0 Å². The lowest BCUT2D eigenvalue weighted by molar-refractivity contribution is -0.119. The second-order valence-corrected chi connectivity index (χ2v) is 4.85. The Morgan fingerprint density at radius 2 is 1.87 bits per heavy atom. The zero-order valence-electron chi connectivity index (χ0n) is 13.2. The molecule has 0 spiro atoms. The van der Waals surface area contributed by atoms with Crippen molar-refractivity contribution in [3.8, 4) is 5.75 Å². The number of nitrogens with zero attached hydrogens (tertiary/aromatic N) is 1. The van der Waals surface area contributed by atoms with E-state index in [0.717, 1.165) is 17.0 Å². The van der Waals surface area contributed by atoms with E-state index in [9.17, 15) is 4.79 Å². The number of hydrazone groups is 1. The first-order valence-corrected chi connectivity index (χ1v) is 7.59. The topological polar surface area (TPSA) is 62.7 Å². The van der Waals surface area contributed by atoms with E-state index in [1.165, 1.54) is 0 Å². The first-order valence-electron chi connectivity index (χ1n) is 7.59. The van der Waals surface area contributed by atoms with Crippen LogP contribution in [-0.4, -0.2) is 25.3 Å². The van der Waals surface area contributed by atoms with E-state index in [1.807, 2.05) is 61.5 Å². The van der Waals surface area contributed by atoms with Gasteiger partial charge < -0.3 is 10.1 Å². The summed E-state index contributed by atoms with van der Waals surface area (Å²) in [5, 5.41) is 6.96. The average Bonchev–Trinajstić information content (AvgIpc) is 2.59. The third kappa shape index (κ3) is 6.22. The number of hydrogen-bond acceptors (Lipinski definition) is 4. The van der Waals surface area contributed by atoms with E-state index in [1.54, 1.807) is 6.21 Å². The molecule has 0 aliphatic rings. The quantitative estimate of drug-likeness (QED) is 0.582. The summed E-state index contributed by atoms with van der Waals surface area (Å²) in [6, 6.07) is 17.4. The molecule has 0 saturated heterocycles. The second-order valence-electron chi connectivity index (χ2n) is 4.85. The first-order chi connectivity index (χ1) is 11.3. The van der Waals surface area contributed by atoms with Crippen molar-refractivity contribution >= 4 is 17.8 Å². The maximum Gasteiger partial charge on any atom is 0.259 e. The van der Waals surface area contributed by atoms with Gasteiger partial charge in [0.1, 0.15) is 5.75 Å². The lowest BCUT2D eigenvalue weighted by Crippen LogP contribution is -2.25. The summed E-state index contributed by atoms with van der Waals surface area (Å²) >= 11 is 0. The van der Waals surface area contributed by atoms with Gasteiger partial charge in [-0.25, -0.2) is 5.43 Å². The Morgan fingerprint density at radius 3 is 2.57 bits per heavy atom. The molecule has 0 atom stereocenters. The van der Waals surface area contributed by atoms with Crippen molar-refractivity contribution in [1.29, 1.82) is 0 Å². The molecule has 23 heavy (non-hydrogen) atoms. The van der Waals surface area contributed by atoms with Gasteiger partial charge in [0.2, 0.25) is 0 Å². The van der Waals surface area contributed by atoms with Gasteiger partial charge >= 0.3 is 0 Å². The van der Waals surface area contributed by atoms with E-state index in [2.05, 4.69) is 15.8 Å². The molecule has 5 nitrogen and oxygen atoms in total. The molecule has 0 radical (unpaired) electrons. The summed E-state index contributed by atoms with van der Waals surface area (Å²) in [5.41, 5.74) is 4.51. The lowest BCUT2D eigenvalue weighted by atomic mass is 10.2. The lowest BCUT2D eigenvalue weighted by Gasteiger charge is -2.07. The molecule has 0 unspecified atom stereocenters. The molecule has 0 bridgehead atoms. The standard InChI is InChI=1S/C18H21N3O2/c1-2-23-17-10-8-16(9-11-17)19-14-18(22)21-20-13-12-15-6-4-3-5-7-15/h3-11,13,19H,2,12,14H2,1H3,(H,21,22). The maximum atomic E-state index is 11.7. The first kappa shape index (κ1) is 16.5. The summed E-state index contributed by atoms with van der Waals surface area (Å²) in [7, 11) is 0. The van der Waals surface area contributed by atoms with Crippen LogP contribution in [0, 0.1) is 0 Å². The number of benzene rings is 2. The monoisotopic (exact) mass is 311 g/mol. The molecule has 0 aliphatic carbocycles. The van der Waals surface area contributed by atoms with E-state index in [0.29, 0.717) is 13.0 Å². The second kappa shape index (κ2) is 9.25. The fourth-order valence-corrected chi connectivity index (χ4v) is 1.94. The van der Waals surface area contributed by atoms with Crippen LogP contribution < -0.4 is 15.5 Å². The SMILES string of the molecule is CCOc1ccc(NCC(=O)NN=CCc2ccccc2)cc1. The molecule has 2 N–H and O–H groups in total. The van der Waals surface area contributed by atoms with Gasteiger partial charge in [-0.05, 0) is 36.8 Å². The van der Waals surface area contributed by atoms with Crippen LogP contribution in [0.1, 0.15) is 12.5 Å². The molecule has 2 aromatic rings. The Bertz CT molecular complexity index is 624. The van der Waals surface area contributed by atoms with Gasteiger partial charge in [0.05, 0.1) is 13.2 Å². The highest BCUT2D eigenvalue weighted by Crippen LogP contribution is 2.15. The summed E-state index contributed by atoms with van der Waals surface area (Å²) in [6.07, 6.45) is 2.37. The molecule has 120 valence electrons. The van der Waals surface area contributed by atoms with Crippen molar-refractivity contribution in [3.05, 3.63) is 60.2 Å². The van der Waals surface area contributed by atoms with Crippen LogP contribution in [0.3, 0.4) is 0 Å².